The van der Waals surface area contributed by atoms with E-state index in [9.17, 15) is 4.79 Å². The fraction of sp³-hybridized carbons (Fsp3) is 0.143. The van der Waals surface area contributed by atoms with Crippen molar-refractivity contribution in [2.75, 3.05) is 0 Å². The maximum absolute atomic E-state index is 10.5. The van der Waals surface area contributed by atoms with Crippen molar-refractivity contribution in [3.63, 3.8) is 0 Å². The van der Waals surface area contributed by atoms with Crippen LogP contribution in [0.3, 0.4) is 0 Å². The molecule has 3 heteroatoms. The largest absolute Gasteiger partial charge is 0.478 e. The highest BCUT2D eigenvalue weighted by Crippen LogP contribution is 2.19. The van der Waals surface area contributed by atoms with Crippen molar-refractivity contribution in [3.8, 4) is 0 Å². The van der Waals surface area contributed by atoms with Crippen LogP contribution in [0, 0.1) is 13.8 Å². The Labute approximate surface area is 99.4 Å². The molecular formula is C14H13NO2. The Kier molecular flexibility index (Phi) is 2.91. The minimum absolute atomic E-state index is 0.668. The minimum Gasteiger partial charge on any atom is -0.478 e. The van der Waals surface area contributed by atoms with Crippen LogP contribution < -0.4 is 0 Å². The summed E-state index contributed by atoms with van der Waals surface area (Å²) in [4.78, 5) is 14.9. The van der Waals surface area contributed by atoms with Crippen LogP contribution in [-0.2, 0) is 4.79 Å². The zero-order valence-electron chi connectivity index (χ0n) is 9.77. The van der Waals surface area contributed by atoms with Crippen LogP contribution in [0.2, 0.25) is 0 Å². The first-order valence-electron chi connectivity index (χ1n) is 5.35. The van der Waals surface area contributed by atoms with Crippen molar-refractivity contribution in [2.45, 2.75) is 13.8 Å². The Bertz CT molecular complexity index is 615. The molecular weight excluding hydrogens is 214 g/mol. The lowest BCUT2D eigenvalue weighted by Crippen LogP contribution is -1.90. The SMILES string of the molecule is Cc1ccc2nc(/C=C/C(=O)O)cc(C)c2c1. The second-order valence-electron chi connectivity index (χ2n) is 4.06. The Balaban J connectivity index is 2.56. The van der Waals surface area contributed by atoms with E-state index in [4.69, 9.17) is 5.11 Å². The highest BCUT2D eigenvalue weighted by atomic mass is 16.4. The molecule has 0 saturated heterocycles. The smallest absolute Gasteiger partial charge is 0.328 e. The lowest BCUT2D eigenvalue weighted by atomic mass is 10.1. The summed E-state index contributed by atoms with van der Waals surface area (Å²) in [7, 11) is 0. The van der Waals surface area contributed by atoms with Crippen LogP contribution in [0.25, 0.3) is 17.0 Å². The number of hydrogen-bond donors (Lipinski definition) is 1. The summed E-state index contributed by atoms with van der Waals surface area (Å²) >= 11 is 0. The molecule has 0 unspecified atom stereocenters. The Morgan fingerprint density at radius 3 is 2.76 bits per heavy atom. The first kappa shape index (κ1) is 11.3. The number of carboxylic acids is 1. The van der Waals surface area contributed by atoms with Gasteiger partial charge in [0.1, 0.15) is 0 Å². The fourth-order valence-electron chi connectivity index (χ4n) is 1.78. The van der Waals surface area contributed by atoms with Gasteiger partial charge in [-0.3, -0.25) is 0 Å². The molecule has 2 rings (SSSR count). The molecule has 0 saturated carbocycles. The molecule has 0 fully saturated rings. The second-order valence-corrected chi connectivity index (χ2v) is 4.06. The molecule has 0 aliphatic rings. The van der Waals surface area contributed by atoms with Gasteiger partial charge >= 0.3 is 5.97 Å². The minimum atomic E-state index is -0.964. The third-order valence-electron chi connectivity index (χ3n) is 2.59. The van der Waals surface area contributed by atoms with Crippen LogP contribution >= 0.6 is 0 Å². The molecule has 0 spiro atoms. The van der Waals surface area contributed by atoms with E-state index in [0.29, 0.717) is 5.69 Å². The van der Waals surface area contributed by atoms with Gasteiger partial charge in [-0.05, 0) is 43.7 Å². The molecule has 0 atom stereocenters. The number of hydrogen-bond acceptors (Lipinski definition) is 2. The maximum Gasteiger partial charge on any atom is 0.328 e. The summed E-state index contributed by atoms with van der Waals surface area (Å²) in [5.41, 5.74) is 3.85. The van der Waals surface area contributed by atoms with E-state index in [1.54, 1.807) is 0 Å². The predicted octanol–water partition coefficient (Wildman–Crippen LogP) is 2.95. The quantitative estimate of drug-likeness (QED) is 0.802. The van der Waals surface area contributed by atoms with Gasteiger partial charge in [0.25, 0.3) is 0 Å². The van der Waals surface area contributed by atoms with Gasteiger partial charge in [0.05, 0.1) is 11.2 Å². The number of carbonyl (C=O) groups is 1. The van der Waals surface area contributed by atoms with Crippen LogP contribution in [0.1, 0.15) is 16.8 Å². The average Bonchev–Trinajstić information content (AvgIpc) is 2.27. The molecule has 2 aromatic rings. The van der Waals surface area contributed by atoms with E-state index >= 15 is 0 Å². The van der Waals surface area contributed by atoms with E-state index in [-0.39, 0.29) is 0 Å². The van der Waals surface area contributed by atoms with Gasteiger partial charge in [-0.15, -0.1) is 0 Å². The average molecular weight is 227 g/mol. The molecule has 17 heavy (non-hydrogen) atoms. The van der Waals surface area contributed by atoms with Gasteiger partial charge in [-0.1, -0.05) is 11.6 Å². The van der Waals surface area contributed by atoms with Crippen molar-refractivity contribution in [1.29, 1.82) is 0 Å². The van der Waals surface area contributed by atoms with E-state index < -0.39 is 5.97 Å². The van der Waals surface area contributed by atoms with Crippen molar-refractivity contribution in [3.05, 3.63) is 47.2 Å². The number of benzene rings is 1. The first-order valence-corrected chi connectivity index (χ1v) is 5.35. The molecule has 1 heterocycles. The highest BCUT2D eigenvalue weighted by Gasteiger charge is 2.01. The fourth-order valence-corrected chi connectivity index (χ4v) is 1.78. The molecule has 0 aliphatic carbocycles. The Hall–Kier alpha value is -2.16. The topological polar surface area (TPSA) is 50.2 Å². The number of rotatable bonds is 2. The maximum atomic E-state index is 10.5. The summed E-state index contributed by atoms with van der Waals surface area (Å²) in [6, 6.07) is 7.93. The van der Waals surface area contributed by atoms with E-state index in [0.717, 1.165) is 22.5 Å². The van der Waals surface area contributed by atoms with Crippen molar-refractivity contribution in [1.82, 2.24) is 4.98 Å². The number of aliphatic carboxylic acids is 1. The van der Waals surface area contributed by atoms with Crippen LogP contribution in [0.4, 0.5) is 0 Å². The molecule has 3 nitrogen and oxygen atoms in total. The van der Waals surface area contributed by atoms with Crippen LogP contribution in [-0.4, -0.2) is 16.1 Å². The molecule has 0 radical (unpaired) electrons. The molecule has 1 aromatic heterocycles. The van der Waals surface area contributed by atoms with Gasteiger partial charge < -0.3 is 5.11 Å². The Morgan fingerprint density at radius 2 is 2.06 bits per heavy atom. The van der Waals surface area contributed by atoms with Gasteiger partial charge in [0.2, 0.25) is 0 Å². The summed E-state index contributed by atoms with van der Waals surface area (Å²) in [6.07, 6.45) is 2.61. The number of pyridine rings is 1. The van der Waals surface area contributed by atoms with E-state index in [1.807, 2.05) is 32.0 Å². The summed E-state index contributed by atoms with van der Waals surface area (Å²) in [5, 5.41) is 9.69. The molecule has 0 bridgehead atoms. The molecule has 1 N–H and O–H groups in total. The van der Waals surface area contributed by atoms with E-state index in [2.05, 4.69) is 11.1 Å². The van der Waals surface area contributed by atoms with Crippen molar-refractivity contribution >= 4 is 22.9 Å². The van der Waals surface area contributed by atoms with Crippen LogP contribution in [0.5, 0.6) is 0 Å². The number of aromatic nitrogens is 1. The number of nitrogens with zero attached hydrogens (tertiary/aromatic N) is 1. The zero-order chi connectivity index (χ0) is 12.4. The number of fused-ring (bicyclic) bond motifs is 1. The molecule has 0 amide bonds. The summed E-state index contributed by atoms with van der Waals surface area (Å²) in [5.74, 6) is -0.964. The van der Waals surface area contributed by atoms with Gasteiger partial charge in [0, 0.05) is 11.5 Å². The third kappa shape index (κ3) is 2.50. The van der Waals surface area contributed by atoms with Gasteiger partial charge in [-0.2, -0.15) is 0 Å². The van der Waals surface area contributed by atoms with Crippen LogP contribution in [0.15, 0.2) is 30.3 Å². The number of aryl methyl sites for hydroxylation is 2. The summed E-state index contributed by atoms with van der Waals surface area (Å²) in [6.45, 7) is 4.04. The Morgan fingerprint density at radius 1 is 1.29 bits per heavy atom. The molecule has 0 aliphatic heterocycles. The number of carboxylic acid groups (broad SMARTS) is 1. The van der Waals surface area contributed by atoms with Gasteiger partial charge in [0.15, 0.2) is 0 Å². The molecule has 86 valence electrons. The van der Waals surface area contributed by atoms with Crippen molar-refractivity contribution in [2.24, 2.45) is 0 Å². The highest BCUT2D eigenvalue weighted by molar-refractivity contribution is 5.87. The normalized spacial score (nSPS) is 11.2. The van der Waals surface area contributed by atoms with Gasteiger partial charge in [-0.25, -0.2) is 9.78 Å². The van der Waals surface area contributed by atoms with Crippen molar-refractivity contribution < 1.29 is 9.90 Å². The molecule has 1 aromatic carbocycles. The first-order chi connectivity index (χ1) is 8.06. The standard InChI is InChI=1S/C14H13NO2/c1-9-3-5-13-12(7-9)10(2)8-11(15-13)4-6-14(16)17/h3-8H,1-2H3,(H,16,17)/b6-4+. The lowest BCUT2D eigenvalue weighted by Gasteiger charge is -2.04. The second kappa shape index (κ2) is 4.37. The predicted molar refractivity (Wildman–Crippen MR) is 67.9 cm³/mol. The third-order valence-corrected chi connectivity index (χ3v) is 2.59. The lowest BCUT2D eigenvalue weighted by molar-refractivity contribution is -0.131. The van der Waals surface area contributed by atoms with E-state index in [1.165, 1.54) is 11.6 Å². The summed E-state index contributed by atoms with van der Waals surface area (Å²) < 4.78 is 0. The zero-order valence-corrected chi connectivity index (χ0v) is 9.77. The monoisotopic (exact) mass is 227 g/mol.